The molecule has 0 aliphatic heterocycles. The van der Waals surface area contributed by atoms with Gasteiger partial charge in [0.1, 0.15) is 6.04 Å². The molecule has 2 amide bonds. The molecule has 1 atom stereocenters. The zero-order valence-electron chi connectivity index (χ0n) is 12.6. The van der Waals surface area contributed by atoms with Gasteiger partial charge >= 0.3 is 0 Å². The molecule has 0 saturated carbocycles. The monoisotopic (exact) mass is 278 g/mol. The highest BCUT2D eigenvalue weighted by Gasteiger charge is 2.27. The van der Waals surface area contributed by atoms with E-state index < -0.39 is 6.04 Å². The fourth-order valence-electron chi connectivity index (χ4n) is 1.73. The van der Waals surface area contributed by atoms with Crippen molar-refractivity contribution in [1.29, 1.82) is 0 Å². The van der Waals surface area contributed by atoms with Crippen molar-refractivity contribution in [2.24, 2.45) is 5.92 Å². The summed E-state index contributed by atoms with van der Waals surface area (Å²) in [6.07, 6.45) is 0. The number of hydrogen-bond donors (Lipinski definition) is 1. The van der Waals surface area contributed by atoms with Crippen molar-refractivity contribution in [2.75, 3.05) is 14.2 Å². The quantitative estimate of drug-likeness (QED) is 0.835. The van der Waals surface area contributed by atoms with Crippen molar-refractivity contribution >= 4 is 11.8 Å². The van der Waals surface area contributed by atoms with Crippen LogP contribution in [0.25, 0.3) is 0 Å². The van der Waals surface area contributed by atoms with Crippen molar-refractivity contribution in [3.05, 3.63) is 35.4 Å². The SMILES string of the molecule is CON(C)C(=O)[C@H](NC(=O)c1ccc(C)cc1)C(C)C. The Morgan fingerprint density at radius 1 is 1.20 bits per heavy atom. The van der Waals surface area contributed by atoms with Crippen molar-refractivity contribution in [1.82, 2.24) is 10.4 Å². The molecule has 5 heteroatoms. The van der Waals surface area contributed by atoms with Crippen LogP contribution >= 0.6 is 0 Å². The lowest BCUT2D eigenvalue weighted by Crippen LogP contribution is -2.49. The van der Waals surface area contributed by atoms with Gasteiger partial charge in [0.15, 0.2) is 0 Å². The first-order valence-electron chi connectivity index (χ1n) is 6.56. The largest absolute Gasteiger partial charge is 0.340 e. The standard InChI is InChI=1S/C15H22N2O3/c1-10(2)13(15(19)17(4)20-5)16-14(18)12-8-6-11(3)7-9-12/h6-10,13H,1-5H3,(H,16,18)/t13-/m1/s1. The van der Waals surface area contributed by atoms with Crippen LogP contribution in [0.15, 0.2) is 24.3 Å². The van der Waals surface area contributed by atoms with Crippen LogP contribution in [-0.4, -0.2) is 37.1 Å². The second-order valence-electron chi connectivity index (χ2n) is 5.08. The van der Waals surface area contributed by atoms with Gasteiger partial charge in [-0.25, -0.2) is 5.06 Å². The molecule has 1 N–H and O–H groups in total. The maximum absolute atomic E-state index is 12.2. The number of nitrogens with zero attached hydrogens (tertiary/aromatic N) is 1. The fraction of sp³-hybridized carbons (Fsp3) is 0.467. The number of carbonyl (C=O) groups is 2. The Kier molecular flexibility index (Phi) is 5.70. The first-order chi connectivity index (χ1) is 9.36. The topological polar surface area (TPSA) is 58.6 Å². The van der Waals surface area contributed by atoms with Gasteiger partial charge in [-0.3, -0.25) is 14.4 Å². The van der Waals surface area contributed by atoms with Gasteiger partial charge in [-0.15, -0.1) is 0 Å². The Balaban J connectivity index is 2.83. The second kappa shape index (κ2) is 7.05. The Bertz CT molecular complexity index is 469. The second-order valence-corrected chi connectivity index (χ2v) is 5.08. The summed E-state index contributed by atoms with van der Waals surface area (Å²) in [5, 5.41) is 3.88. The van der Waals surface area contributed by atoms with Crippen LogP contribution in [-0.2, 0) is 9.63 Å². The number of likely N-dealkylation sites (N-methyl/N-ethyl adjacent to an activating group) is 1. The number of hydroxylamine groups is 2. The summed E-state index contributed by atoms with van der Waals surface area (Å²) < 4.78 is 0. The number of amides is 2. The molecule has 0 aliphatic rings. The lowest BCUT2D eigenvalue weighted by Gasteiger charge is -2.25. The highest BCUT2D eigenvalue weighted by molar-refractivity contribution is 5.97. The molecule has 0 radical (unpaired) electrons. The summed E-state index contributed by atoms with van der Waals surface area (Å²) in [6, 6.07) is 6.60. The molecule has 1 rings (SSSR count). The zero-order chi connectivity index (χ0) is 15.3. The summed E-state index contributed by atoms with van der Waals surface area (Å²) in [5.74, 6) is -0.570. The van der Waals surface area contributed by atoms with Crippen molar-refractivity contribution < 1.29 is 14.4 Å². The molecular weight excluding hydrogens is 256 g/mol. The maximum atomic E-state index is 12.2. The van der Waals surface area contributed by atoms with E-state index in [1.54, 1.807) is 12.1 Å². The van der Waals surface area contributed by atoms with E-state index in [1.165, 1.54) is 14.2 Å². The van der Waals surface area contributed by atoms with E-state index in [1.807, 2.05) is 32.9 Å². The highest BCUT2D eigenvalue weighted by Crippen LogP contribution is 2.08. The number of nitrogens with one attached hydrogen (secondary N) is 1. The molecule has 0 aromatic heterocycles. The van der Waals surface area contributed by atoms with Crippen molar-refractivity contribution in [3.8, 4) is 0 Å². The lowest BCUT2D eigenvalue weighted by molar-refractivity contribution is -0.171. The minimum Gasteiger partial charge on any atom is -0.340 e. The average Bonchev–Trinajstić information content (AvgIpc) is 2.43. The predicted molar refractivity (Wildman–Crippen MR) is 77.1 cm³/mol. The van der Waals surface area contributed by atoms with Gasteiger partial charge in [-0.2, -0.15) is 0 Å². The molecule has 0 unspecified atom stereocenters. The van der Waals surface area contributed by atoms with Gasteiger partial charge in [0.2, 0.25) is 0 Å². The molecule has 0 aliphatic carbocycles. The Hall–Kier alpha value is -1.88. The molecule has 0 heterocycles. The summed E-state index contributed by atoms with van der Waals surface area (Å²) in [6.45, 7) is 5.71. The molecule has 0 saturated heterocycles. The fourth-order valence-corrected chi connectivity index (χ4v) is 1.73. The molecule has 0 fully saturated rings. The Morgan fingerprint density at radius 3 is 2.20 bits per heavy atom. The van der Waals surface area contributed by atoms with Crippen LogP contribution in [0.1, 0.15) is 29.8 Å². The van der Waals surface area contributed by atoms with E-state index in [4.69, 9.17) is 4.84 Å². The van der Waals surface area contributed by atoms with Crippen LogP contribution in [0.3, 0.4) is 0 Å². The number of carbonyl (C=O) groups excluding carboxylic acids is 2. The zero-order valence-corrected chi connectivity index (χ0v) is 12.6. The van der Waals surface area contributed by atoms with Crippen LogP contribution in [0.4, 0.5) is 0 Å². The Labute approximate surface area is 119 Å². The van der Waals surface area contributed by atoms with Crippen LogP contribution in [0.5, 0.6) is 0 Å². The number of benzene rings is 1. The van der Waals surface area contributed by atoms with E-state index in [2.05, 4.69) is 5.32 Å². The maximum Gasteiger partial charge on any atom is 0.268 e. The first-order valence-corrected chi connectivity index (χ1v) is 6.56. The Morgan fingerprint density at radius 2 is 1.75 bits per heavy atom. The molecule has 1 aromatic carbocycles. The lowest BCUT2D eigenvalue weighted by atomic mass is 10.0. The third kappa shape index (κ3) is 4.06. The van der Waals surface area contributed by atoms with Crippen molar-refractivity contribution in [2.45, 2.75) is 26.8 Å². The molecule has 0 bridgehead atoms. The van der Waals surface area contributed by atoms with Gasteiger partial charge in [0.05, 0.1) is 7.11 Å². The molecule has 0 spiro atoms. The highest BCUT2D eigenvalue weighted by atomic mass is 16.7. The molecule has 110 valence electrons. The van der Waals surface area contributed by atoms with E-state index in [0.29, 0.717) is 5.56 Å². The summed E-state index contributed by atoms with van der Waals surface area (Å²) in [4.78, 5) is 29.2. The van der Waals surface area contributed by atoms with Gasteiger partial charge < -0.3 is 5.32 Å². The van der Waals surface area contributed by atoms with E-state index in [-0.39, 0.29) is 17.7 Å². The molecule has 5 nitrogen and oxygen atoms in total. The molecule has 20 heavy (non-hydrogen) atoms. The van der Waals surface area contributed by atoms with E-state index >= 15 is 0 Å². The van der Waals surface area contributed by atoms with E-state index in [0.717, 1.165) is 10.6 Å². The summed E-state index contributed by atoms with van der Waals surface area (Å²) >= 11 is 0. The van der Waals surface area contributed by atoms with E-state index in [9.17, 15) is 9.59 Å². The van der Waals surface area contributed by atoms with Gasteiger partial charge in [-0.05, 0) is 25.0 Å². The normalized spacial score (nSPS) is 12.1. The van der Waals surface area contributed by atoms with Crippen molar-refractivity contribution in [3.63, 3.8) is 0 Å². The summed E-state index contributed by atoms with van der Waals surface area (Å²) in [5.41, 5.74) is 1.62. The number of aryl methyl sites for hydroxylation is 1. The van der Waals surface area contributed by atoms with Crippen LogP contribution in [0, 0.1) is 12.8 Å². The first kappa shape index (κ1) is 16.2. The number of rotatable bonds is 5. The minimum atomic E-state index is -0.617. The molecular formula is C15H22N2O3. The predicted octanol–water partition coefficient (Wildman–Crippen LogP) is 1.77. The van der Waals surface area contributed by atoms with Gasteiger partial charge in [0.25, 0.3) is 11.8 Å². The van der Waals surface area contributed by atoms with Crippen LogP contribution < -0.4 is 5.32 Å². The average molecular weight is 278 g/mol. The van der Waals surface area contributed by atoms with Gasteiger partial charge in [-0.1, -0.05) is 31.5 Å². The molecule has 1 aromatic rings. The number of hydrogen-bond acceptors (Lipinski definition) is 3. The summed E-state index contributed by atoms with van der Waals surface area (Å²) in [7, 11) is 2.94. The van der Waals surface area contributed by atoms with Gasteiger partial charge in [0, 0.05) is 12.6 Å². The third-order valence-electron chi connectivity index (χ3n) is 3.12. The van der Waals surface area contributed by atoms with Crippen LogP contribution in [0.2, 0.25) is 0 Å². The minimum absolute atomic E-state index is 0.0329. The smallest absolute Gasteiger partial charge is 0.268 e. The third-order valence-corrected chi connectivity index (χ3v) is 3.12.